The van der Waals surface area contributed by atoms with E-state index in [-0.39, 0.29) is 5.91 Å². The summed E-state index contributed by atoms with van der Waals surface area (Å²) in [6, 6.07) is 4.28. The van der Waals surface area contributed by atoms with Gasteiger partial charge in [-0.25, -0.2) is 0 Å². The first-order chi connectivity index (χ1) is 9.65. The first kappa shape index (κ1) is 13.8. The fourth-order valence-corrected chi connectivity index (χ4v) is 4.63. The maximum Gasteiger partial charge on any atom is 0.261 e. The number of fused-ring (bicyclic) bond motifs is 3. The quantitative estimate of drug-likeness (QED) is 0.894. The van der Waals surface area contributed by atoms with Gasteiger partial charge in [0, 0.05) is 21.9 Å². The van der Waals surface area contributed by atoms with E-state index in [0.29, 0.717) is 5.92 Å². The van der Waals surface area contributed by atoms with Gasteiger partial charge in [-0.2, -0.15) is 0 Å². The molecule has 0 saturated carbocycles. The van der Waals surface area contributed by atoms with Crippen molar-refractivity contribution in [3.8, 4) is 10.4 Å². The molecule has 1 amide bonds. The van der Waals surface area contributed by atoms with E-state index in [0.717, 1.165) is 30.7 Å². The molecular weight excluding hydrogens is 286 g/mol. The number of carbonyl (C=O) groups is 1. The van der Waals surface area contributed by atoms with Crippen molar-refractivity contribution in [2.75, 3.05) is 6.54 Å². The minimum atomic E-state index is 0.0850. The van der Waals surface area contributed by atoms with Gasteiger partial charge in [0.05, 0.1) is 4.88 Å². The van der Waals surface area contributed by atoms with Crippen LogP contribution in [0.4, 0.5) is 0 Å². The Balaban J connectivity index is 1.76. The van der Waals surface area contributed by atoms with Gasteiger partial charge in [0.2, 0.25) is 0 Å². The molecule has 2 aromatic heterocycles. The van der Waals surface area contributed by atoms with Gasteiger partial charge in [-0.05, 0) is 48.3 Å². The van der Waals surface area contributed by atoms with Crippen LogP contribution in [0.5, 0.6) is 0 Å². The van der Waals surface area contributed by atoms with Crippen LogP contribution in [-0.2, 0) is 12.8 Å². The molecule has 0 atom stereocenters. The Kier molecular flexibility index (Phi) is 3.94. The lowest BCUT2D eigenvalue weighted by atomic mass is 9.98. The molecular formula is C16H19NOS2. The zero-order valence-electron chi connectivity index (χ0n) is 11.9. The molecule has 2 nitrogen and oxygen atoms in total. The average molecular weight is 305 g/mol. The second kappa shape index (κ2) is 5.70. The number of hydrogen-bond donors (Lipinski definition) is 1. The van der Waals surface area contributed by atoms with Crippen molar-refractivity contribution >= 4 is 28.6 Å². The summed E-state index contributed by atoms with van der Waals surface area (Å²) in [4.78, 5) is 15.8. The minimum absolute atomic E-state index is 0.0850. The second-order valence-electron chi connectivity index (χ2n) is 5.66. The summed E-state index contributed by atoms with van der Waals surface area (Å²) < 4.78 is 0. The van der Waals surface area contributed by atoms with Crippen LogP contribution in [-0.4, -0.2) is 12.5 Å². The lowest BCUT2D eigenvalue weighted by Gasteiger charge is -2.10. The lowest BCUT2D eigenvalue weighted by Crippen LogP contribution is -2.24. The summed E-state index contributed by atoms with van der Waals surface area (Å²) in [6.45, 7) is 5.12. The Morgan fingerprint density at radius 1 is 1.40 bits per heavy atom. The van der Waals surface area contributed by atoms with Gasteiger partial charge in [-0.15, -0.1) is 22.7 Å². The Morgan fingerprint density at radius 3 is 3.05 bits per heavy atom. The molecule has 0 aromatic carbocycles. The van der Waals surface area contributed by atoms with Crippen LogP contribution in [0.15, 0.2) is 17.5 Å². The third kappa shape index (κ3) is 2.67. The number of carbonyl (C=O) groups excluding carboxylic acids is 1. The number of rotatable bonds is 4. The number of aryl methyl sites for hydroxylation is 2. The molecule has 20 heavy (non-hydrogen) atoms. The van der Waals surface area contributed by atoms with Crippen LogP contribution in [0, 0.1) is 5.92 Å². The fourth-order valence-electron chi connectivity index (χ4n) is 2.50. The Labute approximate surface area is 127 Å². The molecule has 1 N–H and O–H groups in total. The highest BCUT2D eigenvalue weighted by Gasteiger charge is 2.22. The topological polar surface area (TPSA) is 29.1 Å². The number of amides is 1. The van der Waals surface area contributed by atoms with Crippen molar-refractivity contribution in [1.82, 2.24) is 5.32 Å². The largest absolute Gasteiger partial charge is 0.351 e. The van der Waals surface area contributed by atoms with Gasteiger partial charge in [0.1, 0.15) is 0 Å². The molecule has 0 spiro atoms. The van der Waals surface area contributed by atoms with Crippen molar-refractivity contribution in [3.63, 3.8) is 0 Å². The van der Waals surface area contributed by atoms with Crippen LogP contribution in [0.3, 0.4) is 0 Å². The van der Waals surface area contributed by atoms with Gasteiger partial charge >= 0.3 is 0 Å². The lowest BCUT2D eigenvalue weighted by molar-refractivity contribution is 0.0956. The molecule has 0 fully saturated rings. The van der Waals surface area contributed by atoms with Crippen LogP contribution < -0.4 is 5.32 Å². The van der Waals surface area contributed by atoms with Crippen molar-refractivity contribution in [2.24, 2.45) is 5.92 Å². The van der Waals surface area contributed by atoms with E-state index in [4.69, 9.17) is 0 Å². The molecule has 3 rings (SSSR count). The average Bonchev–Trinajstić information content (AvgIpc) is 3.03. The van der Waals surface area contributed by atoms with Crippen molar-refractivity contribution in [1.29, 1.82) is 0 Å². The van der Waals surface area contributed by atoms with Gasteiger partial charge in [0.25, 0.3) is 5.91 Å². The molecule has 1 aliphatic carbocycles. The predicted octanol–water partition coefficient (Wildman–Crippen LogP) is 4.35. The summed E-state index contributed by atoms with van der Waals surface area (Å²) in [5.41, 5.74) is 2.69. The van der Waals surface area contributed by atoms with Crippen LogP contribution in [0.1, 0.15) is 40.4 Å². The van der Waals surface area contributed by atoms with Gasteiger partial charge in [-0.3, -0.25) is 4.79 Å². The normalized spacial score (nSPS) is 13.2. The van der Waals surface area contributed by atoms with E-state index in [1.54, 1.807) is 11.3 Å². The van der Waals surface area contributed by atoms with Crippen LogP contribution in [0.2, 0.25) is 0 Å². The van der Waals surface area contributed by atoms with Gasteiger partial charge in [0.15, 0.2) is 0 Å². The molecule has 0 aliphatic heterocycles. The summed E-state index contributed by atoms with van der Waals surface area (Å²) in [7, 11) is 0. The molecule has 2 heterocycles. The highest BCUT2D eigenvalue weighted by atomic mass is 32.1. The first-order valence-corrected chi connectivity index (χ1v) is 8.82. The predicted molar refractivity (Wildman–Crippen MR) is 86.8 cm³/mol. The summed E-state index contributed by atoms with van der Waals surface area (Å²) in [5.74, 6) is 0.710. The fraction of sp³-hybridized carbons (Fsp3) is 0.438. The number of nitrogens with one attached hydrogen (secondary N) is 1. The molecule has 0 unspecified atom stereocenters. The van der Waals surface area contributed by atoms with Crippen LogP contribution in [0.25, 0.3) is 10.4 Å². The summed E-state index contributed by atoms with van der Waals surface area (Å²) in [5, 5.41) is 5.19. The van der Waals surface area contributed by atoms with Crippen molar-refractivity contribution < 1.29 is 4.79 Å². The van der Waals surface area contributed by atoms with E-state index in [1.165, 1.54) is 20.9 Å². The highest BCUT2D eigenvalue weighted by molar-refractivity contribution is 7.18. The zero-order valence-corrected chi connectivity index (χ0v) is 13.5. The molecule has 2 aromatic rings. The van der Waals surface area contributed by atoms with E-state index in [2.05, 4.69) is 36.7 Å². The summed E-state index contributed by atoms with van der Waals surface area (Å²) in [6.07, 6.45) is 3.22. The second-order valence-corrected chi connectivity index (χ2v) is 7.71. The van der Waals surface area contributed by atoms with E-state index in [1.807, 2.05) is 11.3 Å². The van der Waals surface area contributed by atoms with E-state index in [9.17, 15) is 4.79 Å². The van der Waals surface area contributed by atoms with E-state index < -0.39 is 0 Å². The maximum atomic E-state index is 12.2. The maximum absolute atomic E-state index is 12.2. The molecule has 4 heteroatoms. The monoisotopic (exact) mass is 305 g/mol. The Hall–Kier alpha value is -1.13. The standard InChI is InChI=1S/C16H19NOS2/c1-10(2)5-7-17-16(18)14-9-11-3-4-13-12(6-8-19-13)15(11)20-14/h6,8-10H,3-5,7H2,1-2H3,(H,17,18). The SMILES string of the molecule is CC(C)CCNC(=O)c1cc2c(s1)-c1ccsc1CC2. The molecule has 0 bridgehead atoms. The third-order valence-corrected chi connectivity index (χ3v) is 5.84. The van der Waals surface area contributed by atoms with Crippen molar-refractivity contribution in [3.05, 3.63) is 32.8 Å². The third-order valence-electron chi connectivity index (χ3n) is 3.65. The number of thiophene rings is 2. The van der Waals surface area contributed by atoms with Crippen LogP contribution >= 0.6 is 22.7 Å². The highest BCUT2D eigenvalue weighted by Crippen LogP contribution is 2.41. The molecule has 1 aliphatic rings. The summed E-state index contributed by atoms with van der Waals surface area (Å²) >= 11 is 3.47. The first-order valence-electron chi connectivity index (χ1n) is 7.13. The molecule has 0 saturated heterocycles. The zero-order chi connectivity index (χ0) is 14.1. The minimum Gasteiger partial charge on any atom is -0.351 e. The number of hydrogen-bond acceptors (Lipinski definition) is 3. The Morgan fingerprint density at radius 2 is 2.25 bits per heavy atom. The smallest absolute Gasteiger partial charge is 0.261 e. The van der Waals surface area contributed by atoms with Gasteiger partial charge in [-0.1, -0.05) is 13.8 Å². The molecule has 106 valence electrons. The van der Waals surface area contributed by atoms with Gasteiger partial charge < -0.3 is 5.32 Å². The Bertz CT molecular complexity index is 624. The van der Waals surface area contributed by atoms with Crippen molar-refractivity contribution in [2.45, 2.75) is 33.1 Å². The molecule has 0 radical (unpaired) electrons. The van der Waals surface area contributed by atoms with E-state index >= 15 is 0 Å².